The molecule has 1 heterocycles. The molecule has 0 unspecified atom stereocenters. The Morgan fingerprint density at radius 3 is 2.75 bits per heavy atom. The van der Waals surface area contributed by atoms with Crippen LogP contribution >= 0.6 is 11.6 Å². The molecule has 0 aliphatic rings. The number of H-pyrrole nitrogens is 1. The Balaban J connectivity index is 1.68. The van der Waals surface area contributed by atoms with E-state index in [1.165, 1.54) is 0 Å². The molecule has 3 aromatic rings. The van der Waals surface area contributed by atoms with Crippen molar-refractivity contribution >= 4 is 23.8 Å². The molecule has 0 bridgehead atoms. The van der Waals surface area contributed by atoms with Crippen LogP contribution in [-0.4, -0.2) is 28.0 Å². The van der Waals surface area contributed by atoms with Gasteiger partial charge in [-0.1, -0.05) is 23.7 Å². The van der Waals surface area contributed by atoms with Crippen LogP contribution in [0.1, 0.15) is 18.1 Å². The summed E-state index contributed by atoms with van der Waals surface area (Å²) in [6.45, 7) is 2.79. The number of hydrogen-bond acceptors (Lipinski definition) is 7. The minimum Gasteiger partial charge on any atom is -0.490 e. The highest BCUT2D eigenvalue weighted by Crippen LogP contribution is 2.29. The van der Waals surface area contributed by atoms with E-state index in [1.54, 1.807) is 6.21 Å². The monoisotopic (exact) mass is 399 g/mol. The van der Waals surface area contributed by atoms with Crippen LogP contribution in [-0.2, 0) is 6.61 Å². The van der Waals surface area contributed by atoms with Crippen LogP contribution in [0.15, 0.2) is 58.6 Å². The standard InChI is InChI=1S/C19H18ClN5O3/c1-2-27-17-9-14(10-21-24-19-23-18(26)11-22-25-19)5-8-16(17)28-12-13-3-6-15(20)7-4-13/h3-11H,2,12H2,1H3,(H2,23,24,25,26)/b21-10+. The third kappa shape index (κ3) is 5.55. The Hall–Kier alpha value is -3.39. The number of halogens is 1. The van der Waals surface area contributed by atoms with Gasteiger partial charge in [0.25, 0.3) is 5.56 Å². The van der Waals surface area contributed by atoms with Crippen LogP contribution < -0.4 is 20.5 Å². The Bertz CT molecular complexity index is 1000. The van der Waals surface area contributed by atoms with Crippen LogP contribution in [0.4, 0.5) is 5.95 Å². The number of rotatable bonds is 8. The van der Waals surface area contributed by atoms with Gasteiger partial charge < -0.3 is 9.47 Å². The zero-order chi connectivity index (χ0) is 19.8. The van der Waals surface area contributed by atoms with E-state index in [-0.39, 0.29) is 11.5 Å². The number of nitrogens with zero attached hydrogens (tertiary/aromatic N) is 3. The predicted molar refractivity (Wildman–Crippen MR) is 107 cm³/mol. The minimum absolute atomic E-state index is 0.150. The van der Waals surface area contributed by atoms with Crippen molar-refractivity contribution in [1.29, 1.82) is 0 Å². The first-order chi connectivity index (χ1) is 13.6. The molecular formula is C19H18ClN5O3. The summed E-state index contributed by atoms with van der Waals surface area (Å²) in [5.41, 5.74) is 4.02. The number of aromatic amines is 1. The molecule has 0 amide bonds. The molecule has 0 radical (unpaired) electrons. The number of anilines is 1. The molecule has 0 spiro atoms. The van der Waals surface area contributed by atoms with Crippen molar-refractivity contribution in [3.63, 3.8) is 0 Å². The summed E-state index contributed by atoms with van der Waals surface area (Å²) in [6.07, 6.45) is 2.64. The Kier molecular flexibility index (Phi) is 6.59. The SMILES string of the molecule is CCOc1cc(/C=N/Nc2nncc(=O)[nH]2)ccc1OCc1ccc(Cl)cc1. The molecular weight excluding hydrogens is 382 g/mol. The maximum Gasteiger partial charge on any atom is 0.271 e. The lowest BCUT2D eigenvalue weighted by atomic mass is 10.2. The lowest BCUT2D eigenvalue weighted by Gasteiger charge is -2.12. The molecule has 0 aliphatic carbocycles. The van der Waals surface area contributed by atoms with Crippen molar-refractivity contribution in [3.8, 4) is 11.5 Å². The zero-order valence-corrected chi connectivity index (χ0v) is 15.8. The normalized spacial score (nSPS) is 10.8. The molecule has 9 heteroatoms. The van der Waals surface area contributed by atoms with Gasteiger partial charge in [-0.05, 0) is 48.4 Å². The molecule has 0 atom stereocenters. The van der Waals surface area contributed by atoms with E-state index >= 15 is 0 Å². The van der Waals surface area contributed by atoms with Gasteiger partial charge in [-0.25, -0.2) is 5.43 Å². The quantitative estimate of drug-likeness (QED) is 0.445. The fraction of sp³-hybridized carbons (Fsp3) is 0.158. The molecule has 28 heavy (non-hydrogen) atoms. The van der Waals surface area contributed by atoms with Crippen LogP contribution in [0, 0.1) is 0 Å². The fourth-order valence-corrected chi connectivity index (χ4v) is 2.39. The first-order valence-corrected chi connectivity index (χ1v) is 8.87. The Morgan fingerprint density at radius 1 is 1.18 bits per heavy atom. The molecule has 0 saturated carbocycles. The topological polar surface area (TPSA) is 101 Å². The summed E-state index contributed by atoms with van der Waals surface area (Å²) in [4.78, 5) is 13.6. The van der Waals surface area contributed by atoms with E-state index in [2.05, 4.69) is 25.7 Å². The van der Waals surface area contributed by atoms with Crippen molar-refractivity contribution in [3.05, 3.63) is 75.2 Å². The number of benzene rings is 2. The summed E-state index contributed by atoms with van der Waals surface area (Å²) in [6, 6.07) is 12.9. The van der Waals surface area contributed by atoms with E-state index in [9.17, 15) is 4.79 Å². The van der Waals surface area contributed by atoms with Crippen molar-refractivity contribution in [1.82, 2.24) is 15.2 Å². The molecule has 1 aromatic heterocycles. The first-order valence-electron chi connectivity index (χ1n) is 8.49. The van der Waals surface area contributed by atoms with Gasteiger partial charge in [0.2, 0.25) is 5.95 Å². The predicted octanol–water partition coefficient (Wildman–Crippen LogP) is 3.24. The highest BCUT2D eigenvalue weighted by molar-refractivity contribution is 6.30. The van der Waals surface area contributed by atoms with Crippen LogP contribution in [0.5, 0.6) is 11.5 Å². The second kappa shape index (κ2) is 9.52. The van der Waals surface area contributed by atoms with E-state index in [0.29, 0.717) is 29.7 Å². The van der Waals surface area contributed by atoms with Crippen molar-refractivity contribution < 1.29 is 9.47 Å². The number of nitrogens with one attached hydrogen (secondary N) is 2. The second-order valence-electron chi connectivity index (χ2n) is 5.61. The zero-order valence-electron chi connectivity index (χ0n) is 15.1. The van der Waals surface area contributed by atoms with Gasteiger partial charge in [0.15, 0.2) is 11.5 Å². The summed E-state index contributed by atoms with van der Waals surface area (Å²) in [5.74, 6) is 1.38. The molecule has 3 rings (SSSR count). The molecule has 2 aromatic carbocycles. The van der Waals surface area contributed by atoms with Crippen LogP contribution in [0.2, 0.25) is 5.02 Å². The van der Waals surface area contributed by atoms with E-state index in [1.807, 2.05) is 49.4 Å². The van der Waals surface area contributed by atoms with E-state index < -0.39 is 0 Å². The van der Waals surface area contributed by atoms with Gasteiger partial charge >= 0.3 is 0 Å². The molecule has 0 aliphatic heterocycles. The summed E-state index contributed by atoms with van der Waals surface area (Å²) >= 11 is 5.90. The van der Waals surface area contributed by atoms with Gasteiger partial charge in [0.1, 0.15) is 12.8 Å². The van der Waals surface area contributed by atoms with Crippen LogP contribution in [0.3, 0.4) is 0 Å². The minimum atomic E-state index is -0.367. The average molecular weight is 400 g/mol. The molecule has 0 saturated heterocycles. The lowest BCUT2D eigenvalue weighted by molar-refractivity contribution is 0.269. The number of aromatic nitrogens is 3. The molecule has 8 nitrogen and oxygen atoms in total. The van der Waals surface area contributed by atoms with E-state index in [0.717, 1.165) is 17.3 Å². The number of hydrogen-bond donors (Lipinski definition) is 2. The van der Waals surface area contributed by atoms with Gasteiger partial charge in [-0.2, -0.15) is 5.10 Å². The van der Waals surface area contributed by atoms with E-state index in [4.69, 9.17) is 21.1 Å². The summed E-state index contributed by atoms with van der Waals surface area (Å²) < 4.78 is 11.5. The smallest absolute Gasteiger partial charge is 0.271 e. The first kappa shape index (κ1) is 19.4. The molecule has 0 fully saturated rings. The van der Waals surface area contributed by atoms with Gasteiger partial charge in [0.05, 0.1) is 12.8 Å². The maximum atomic E-state index is 11.2. The highest BCUT2D eigenvalue weighted by Gasteiger charge is 2.07. The highest BCUT2D eigenvalue weighted by atomic mass is 35.5. The third-order valence-electron chi connectivity index (χ3n) is 3.53. The number of hydrazone groups is 1. The van der Waals surface area contributed by atoms with Crippen molar-refractivity contribution in [2.45, 2.75) is 13.5 Å². The molecule has 144 valence electrons. The van der Waals surface area contributed by atoms with Gasteiger partial charge in [-0.15, -0.1) is 10.2 Å². The Labute approximate surface area is 166 Å². The Morgan fingerprint density at radius 2 is 2.00 bits per heavy atom. The maximum absolute atomic E-state index is 11.2. The second-order valence-corrected chi connectivity index (χ2v) is 6.04. The van der Waals surface area contributed by atoms with Gasteiger partial charge in [0, 0.05) is 5.02 Å². The summed E-state index contributed by atoms with van der Waals surface area (Å²) in [7, 11) is 0. The van der Waals surface area contributed by atoms with Crippen molar-refractivity contribution in [2.75, 3.05) is 12.0 Å². The average Bonchev–Trinajstić information content (AvgIpc) is 2.69. The number of ether oxygens (including phenoxy) is 2. The lowest BCUT2D eigenvalue weighted by Crippen LogP contribution is -2.10. The third-order valence-corrected chi connectivity index (χ3v) is 3.79. The van der Waals surface area contributed by atoms with Gasteiger partial charge in [-0.3, -0.25) is 9.78 Å². The fourth-order valence-electron chi connectivity index (χ4n) is 2.27. The molecule has 2 N–H and O–H groups in total. The largest absolute Gasteiger partial charge is 0.490 e. The van der Waals surface area contributed by atoms with Crippen LogP contribution in [0.25, 0.3) is 0 Å². The summed E-state index contributed by atoms with van der Waals surface area (Å²) in [5, 5.41) is 12.0. The van der Waals surface area contributed by atoms with Crippen molar-refractivity contribution in [2.24, 2.45) is 5.10 Å².